The van der Waals surface area contributed by atoms with Crippen molar-refractivity contribution in [3.8, 4) is 67.8 Å². The largest absolute Gasteiger partial charge is 0.256 e. The minimum Gasteiger partial charge on any atom is -0.256 e. The molecule has 0 aliphatic carbocycles. The summed E-state index contributed by atoms with van der Waals surface area (Å²) in [5.74, 6) is 1.92. The van der Waals surface area contributed by atoms with Crippen LogP contribution in [0.3, 0.4) is 0 Å². The van der Waals surface area contributed by atoms with Gasteiger partial charge in [-0.05, 0) is 47.5 Å². The van der Waals surface area contributed by atoms with E-state index in [2.05, 4.69) is 47.4 Å². The fraction of sp³-hybridized carbons (Fsp3) is 0. The van der Waals surface area contributed by atoms with E-state index in [0.29, 0.717) is 17.5 Å². The maximum atomic E-state index is 4.90. The summed E-state index contributed by atoms with van der Waals surface area (Å²) in [4.78, 5) is 23.8. The van der Waals surface area contributed by atoms with Crippen LogP contribution in [0.2, 0.25) is 0 Å². The monoisotopic (exact) mass is 539 g/mol. The number of aromatic nitrogens is 5. The first kappa shape index (κ1) is 25.2. The van der Waals surface area contributed by atoms with Crippen LogP contribution in [-0.2, 0) is 0 Å². The summed E-state index contributed by atoms with van der Waals surface area (Å²) in [7, 11) is 0. The molecule has 7 aromatic rings. The van der Waals surface area contributed by atoms with Crippen LogP contribution in [0, 0.1) is 0 Å². The molecule has 0 spiro atoms. The van der Waals surface area contributed by atoms with Crippen molar-refractivity contribution in [1.29, 1.82) is 0 Å². The molecule has 5 heteroatoms. The van der Waals surface area contributed by atoms with Crippen molar-refractivity contribution < 1.29 is 0 Å². The molecule has 198 valence electrons. The van der Waals surface area contributed by atoms with E-state index in [1.165, 1.54) is 0 Å². The van der Waals surface area contributed by atoms with Gasteiger partial charge in [-0.25, -0.2) is 15.0 Å². The van der Waals surface area contributed by atoms with Crippen LogP contribution in [0.4, 0.5) is 0 Å². The van der Waals surface area contributed by atoms with Crippen molar-refractivity contribution in [3.05, 3.63) is 152 Å². The Labute approximate surface area is 244 Å². The quantitative estimate of drug-likeness (QED) is 0.212. The van der Waals surface area contributed by atoms with Gasteiger partial charge in [0.1, 0.15) is 0 Å². The Morgan fingerprint density at radius 1 is 0.310 bits per heavy atom. The van der Waals surface area contributed by atoms with Gasteiger partial charge in [-0.3, -0.25) is 9.97 Å². The second kappa shape index (κ2) is 11.4. The fourth-order valence-electron chi connectivity index (χ4n) is 4.88. The van der Waals surface area contributed by atoms with Crippen LogP contribution in [0.1, 0.15) is 0 Å². The van der Waals surface area contributed by atoms with Gasteiger partial charge in [-0.2, -0.15) is 0 Å². The van der Waals surface area contributed by atoms with Crippen molar-refractivity contribution in [1.82, 2.24) is 24.9 Å². The molecule has 0 unspecified atom stereocenters. The number of pyridine rings is 2. The van der Waals surface area contributed by atoms with Gasteiger partial charge in [0.25, 0.3) is 0 Å². The lowest BCUT2D eigenvalue weighted by atomic mass is 9.99. The molecule has 0 atom stereocenters. The molecular weight excluding hydrogens is 514 g/mol. The molecule has 0 aliphatic rings. The molecule has 5 nitrogen and oxygen atoms in total. The number of rotatable bonds is 6. The Balaban J connectivity index is 1.25. The smallest absolute Gasteiger partial charge is 0.164 e. The van der Waals surface area contributed by atoms with Crippen LogP contribution in [0.15, 0.2) is 152 Å². The molecular formula is C37H25N5. The fourth-order valence-corrected chi connectivity index (χ4v) is 4.88. The summed E-state index contributed by atoms with van der Waals surface area (Å²) in [6.45, 7) is 0. The highest BCUT2D eigenvalue weighted by Gasteiger charge is 2.13. The average Bonchev–Trinajstić information content (AvgIpc) is 3.09. The van der Waals surface area contributed by atoms with E-state index in [1.807, 2.05) is 103 Å². The maximum Gasteiger partial charge on any atom is 0.164 e. The number of benzene rings is 4. The minimum absolute atomic E-state index is 0.632. The highest BCUT2D eigenvalue weighted by molar-refractivity contribution is 5.76. The lowest BCUT2D eigenvalue weighted by molar-refractivity contribution is 1.07. The molecule has 0 bridgehead atoms. The van der Waals surface area contributed by atoms with Crippen LogP contribution in [0.5, 0.6) is 0 Å². The Morgan fingerprint density at radius 3 is 1.38 bits per heavy atom. The predicted molar refractivity (Wildman–Crippen MR) is 168 cm³/mol. The second-order valence-electron chi connectivity index (χ2n) is 9.85. The van der Waals surface area contributed by atoms with E-state index in [4.69, 9.17) is 19.9 Å². The van der Waals surface area contributed by atoms with Gasteiger partial charge >= 0.3 is 0 Å². The molecule has 0 aliphatic heterocycles. The van der Waals surface area contributed by atoms with E-state index in [9.17, 15) is 0 Å². The number of hydrogen-bond acceptors (Lipinski definition) is 5. The third-order valence-electron chi connectivity index (χ3n) is 7.04. The molecule has 0 saturated heterocycles. The normalized spacial score (nSPS) is 10.9. The molecule has 3 heterocycles. The third kappa shape index (κ3) is 5.31. The first-order chi connectivity index (χ1) is 20.8. The minimum atomic E-state index is 0.632. The molecule has 0 N–H and O–H groups in total. The topological polar surface area (TPSA) is 64.5 Å². The lowest BCUT2D eigenvalue weighted by Gasteiger charge is -2.10. The zero-order valence-corrected chi connectivity index (χ0v) is 22.7. The zero-order chi connectivity index (χ0) is 28.1. The molecule has 0 fully saturated rings. The highest BCUT2D eigenvalue weighted by atomic mass is 15.0. The van der Waals surface area contributed by atoms with Gasteiger partial charge in [0.05, 0.1) is 11.4 Å². The van der Waals surface area contributed by atoms with Crippen LogP contribution in [0.25, 0.3) is 67.8 Å². The van der Waals surface area contributed by atoms with Crippen molar-refractivity contribution >= 4 is 0 Å². The highest BCUT2D eigenvalue weighted by Crippen LogP contribution is 2.30. The standard InChI is InChI=1S/C37H25N5/c1-3-11-26(12-4-1)35-40-36(27-13-5-2-6-14-27)42-37(41-35)31-18-10-16-29(24-31)28-15-9-17-30(23-28)34-21-20-32(25-39-34)33-19-7-8-22-38-33/h1-25H. The van der Waals surface area contributed by atoms with Gasteiger partial charge in [0.15, 0.2) is 17.5 Å². The molecule has 4 aromatic carbocycles. The average molecular weight is 540 g/mol. The van der Waals surface area contributed by atoms with Crippen LogP contribution < -0.4 is 0 Å². The van der Waals surface area contributed by atoms with E-state index in [0.717, 1.165) is 50.3 Å². The summed E-state index contributed by atoms with van der Waals surface area (Å²) in [6.07, 6.45) is 3.67. The lowest BCUT2D eigenvalue weighted by Crippen LogP contribution is -2.00. The van der Waals surface area contributed by atoms with E-state index in [-0.39, 0.29) is 0 Å². The van der Waals surface area contributed by atoms with Gasteiger partial charge in [-0.15, -0.1) is 0 Å². The Hall–Kier alpha value is -5.81. The van der Waals surface area contributed by atoms with Gasteiger partial charge in [-0.1, -0.05) is 103 Å². The van der Waals surface area contributed by atoms with Crippen molar-refractivity contribution in [3.63, 3.8) is 0 Å². The summed E-state index contributed by atoms with van der Waals surface area (Å²) in [5, 5.41) is 0. The molecule has 7 rings (SSSR count). The van der Waals surface area contributed by atoms with E-state index in [1.54, 1.807) is 6.20 Å². The van der Waals surface area contributed by atoms with Gasteiger partial charge in [0.2, 0.25) is 0 Å². The Kier molecular flexibility index (Phi) is 6.81. The van der Waals surface area contributed by atoms with E-state index < -0.39 is 0 Å². The maximum absolute atomic E-state index is 4.90. The van der Waals surface area contributed by atoms with Crippen LogP contribution in [-0.4, -0.2) is 24.9 Å². The zero-order valence-electron chi connectivity index (χ0n) is 22.7. The van der Waals surface area contributed by atoms with E-state index >= 15 is 0 Å². The second-order valence-corrected chi connectivity index (χ2v) is 9.85. The summed E-state index contributed by atoms with van der Waals surface area (Å²) in [5.41, 5.74) is 8.83. The molecule has 3 aromatic heterocycles. The summed E-state index contributed by atoms with van der Waals surface area (Å²) < 4.78 is 0. The van der Waals surface area contributed by atoms with Crippen molar-refractivity contribution in [2.45, 2.75) is 0 Å². The molecule has 0 radical (unpaired) electrons. The first-order valence-electron chi connectivity index (χ1n) is 13.8. The number of hydrogen-bond donors (Lipinski definition) is 0. The Morgan fingerprint density at radius 2 is 0.810 bits per heavy atom. The van der Waals surface area contributed by atoms with Crippen LogP contribution >= 0.6 is 0 Å². The van der Waals surface area contributed by atoms with Crippen molar-refractivity contribution in [2.75, 3.05) is 0 Å². The van der Waals surface area contributed by atoms with Gasteiger partial charge in [0, 0.05) is 40.2 Å². The molecule has 0 saturated carbocycles. The Bertz CT molecular complexity index is 1900. The van der Waals surface area contributed by atoms with Crippen molar-refractivity contribution in [2.24, 2.45) is 0 Å². The summed E-state index contributed by atoms with van der Waals surface area (Å²) >= 11 is 0. The molecule has 0 amide bonds. The number of nitrogens with zero attached hydrogens (tertiary/aromatic N) is 5. The summed E-state index contributed by atoms with van der Waals surface area (Å²) in [6, 6.07) is 46.8. The third-order valence-corrected chi connectivity index (χ3v) is 7.04. The molecule has 42 heavy (non-hydrogen) atoms. The SMILES string of the molecule is c1ccc(-c2nc(-c3ccccc3)nc(-c3cccc(-c4cccc(-c5ccc(-c6ccccn6)cn5)c4)c3)n2)cc1. The predicted octanol–water partition coefficient (Wildman–Crippen LogP) is 8.66. The van der Waals surface area contributed by atoms with Gasteiger partial charge < -0.3 is 0 Å². The first-order valence-corrected chi connectivity index (χ1v) is 13.8.